The van der Waals surface area contributed by atoms with Gasteiger partial charge in [0.05, 0.1) is 24.2 Å². The molecule has 1 fully saturated rings. The third-order valence-electron chi connectivity index (χ3n) is 3.15. The number of hydrogen-bond acceptors (Lipinski definition) is 4. The monoisotopic (exact) mass is 245 g/mol. The molecule has 18 heavy (non-hydrogen) atoms. The second-order valence-corrected chi connectivity index (χ2v) is 4.42. The molecule has 94 valence electrons. The molecule has 2 aromatic rings. The number of aromatic amines is 1. The summed E-state index contributed by atoms with van der Waals surface area (Å²) < 4.78 is 5.29. The van der Waals surface area contributed by atoms with Gasteiger partial charge in [-0.1, -0.05) is 12.1 Å². The number of morpholine rings is 1. The van der Waals surface area contributed by atoms with E-state index in [0.717, 1.165) is 37.3 Å². The fourth-order valence-corrected chi connectivity index (χ4v) is 2.15. The Morgan fingerprint density at radius 1 is 1.28 bits per heavy atom. The van der Waals surface area contributed by atoms with Gasteiger partial charge in [-0.05, 0) is 12.1 Å². The third-order valence-corrected chi connectivity index (χ3v) is 3.15. The van der Waals surface area contributed by atoms with Gasteiger partial charge in [0.25, 0.3) is 5.56 Å². The van der Waals surface area contributed by atoms with Crippen molar-refractivity contribution in [1.29, 1.82) is 0 Å². The number of aromatic nitrogens is 2. The lowest BCUT2D eigenvalue weighted by molar-refractivity contribution is 0.0335. The van der Waals surface area contributed by atoms with Crippen molar-refractivity contribution in [2.45, 2.75) is 6.54 Å². The van der Waals surface area contributed by atoms with Crippen LogP contribution in [-0.2, 0) is 11.3 Å². The minimum atomic E-state index is -0.0970. The Morgan fingerprint density at radius 3 is 2.89 bits per heavy atom. The van der Waals surface area contributed by atoms with Gasteiger partial charge in [-0.3, -0.25) is 9.69 Å². The number of H-pyrrole nitrogens is 1. The Bertz CT molecular complexity index is 602. The van der Waals surface area contributed by atoms with Crippen LogP contribution in [-0.4, -0.2) is 41.2 Å². The highest BCUT2D eigenvalue weighted by molar-refractivity contribution is 5.73. The molecule has 1 aliphatic heterocycles. The van der Waals surface area contributed by atoms with Crippen LogP contribution in [0, 0.1) is 0 Å². The fourth-order valence-electron chi connectivity index (χ4n) is 2.15. The van der Waals surface area contributed by atoms with Crippen LogP contribution in [0.25, 0.3) is 11.0 Å². The zero-order valence-electron chi connectivity index (χ0n) is 10.1. The molecule has 3 rings (SSSR count). The number of nitrogens with one attached hydrogen (secondary N) is 1. The third kappa shape index (κ3) is 2.27. The molecule has 0 atom stereocenters. The van der Waals surface area contributed by atoms with E-state index in [4.69, 9.17) is 4.74 Å². The van der Waals surface area contributed by atoms with E-state index in [-0.39, 0.29) is 5.56 Å². The van der Waals surface area contributed by atoms with Gasteiger partial charge in [0.15, 0.2) is 0 Å². The molecule has 1 aromatic carbocycles. The average molecular weight is 245 g/mol. The second-order valence-electron chi connectivity index (χ2n) is 4.42. The van der Waals surface area contributed by atoms with Crippen LogP contribution in [0.5, 0.6) is 0 Å². The lowest BCUT2D eigenvalue weighted by atomic mass is 10.3. The van der Waals surface area contributed by atoms with Crippen molar-refractivity contribution >= 4 is 11.0 Å². The van der Waals surface area contributed by atoms with Gasteiger partial charge in [0, 0.05) is 19.6 Å². The minimum absolute atomic E-state index is 0.0970. The maximum atomic E-state index is 11.9. The number of nitrogens with zero attached hydrogens (tertiary/aromatic N) is 2. The summed E-state index contributed by atoms with van der Waals surface area (Å²) in [7, 11) is 0. The van der Waals surface area contributed by atoms with Crippen molar-refractivity contribution in [1.82, 2.24) is 14.9 Å². The zero-order valence-corrected chi connectivity index (χ0v) is 10.1. The summed E-state index contributed by atoms with van der Waals surface area (Å²) >= 11 is 0. The van der Waals surface area contributed by atoms with Gasteiger partial charge in [-0.2, -0.15) is 0 Å². The highest BCUT2D eigenvalue weighted by Gasteiger charge is 2.13. The molecule has 0 bridgehead atoms. The Balaban J connectivity index is 1.91. The minimum Gasteiger partial charge on any atom is -0.379 e. The number of para-hydroxylation sites is 2. The van der Waals surface area contributed by atoms with Crippen LogP contribution in [0.4, 0.5) is 0 Å². The predicted octanol–water partition coefficient (Wildman–Crippen LogP) is 0.755. The number of benzene rings is 1. The van der Waals surface area contributed by atoms with E-state index in [1.807, 2.05) is 24.3 Å². The van der Waals surface area contributed by atoms with E-state index in [1.165, 1.54) is 0 Å². The quantitative estimate of drug-likeness (QED) is 0.848. The van der Waals surface area contributed by atoms with Crippen molar-refractivity contribution in [3.05, 3.63) is 40.3 Å². The highest BCUT2D eigenvalue weighted by atomic mass is 16.5. The normalized spacial score (nSPS) is 17.1. The first-order chi connectivity index (χ1) is 8.83. The van der Waals surface area contributed by atoms with Crippen molar-refractivity contribution < 1.29 is 4.74 Å². The average Bonchev–Trinajstić information content (AvgIpc) is 2.41. The number of hydrogen-bond donors (Lipinski definition) is 1. The number of rotatable bonds is 2. The van der Waals surface area contributed by atoms with E-state index in [9.17, 15) is 4.79 Å². The van der Waals surface area contributed by atoms with Gasteiger partial charge in [0.1, 0.15) is 5.69 Å². The van der Waals surface area contributed by atoms with Gasteiger partial charge < -0.3 is 9.72 Å². The first-order valence-corrected chi connectivity index (χ1v) is 6.11. The zero-order chi connectivity index (χ0) is 12.4. The van der Waals surface area contributed by atoms with Crippen LogP contribution in [0.3, 0.4) is 0 Å². The first-order valence-electron chi connectivity index (χ1n) is 6.11. The maximum absolute atomic E-state index is 11.9. The molecule has 0 amide bonds. The summed E-state index contributed by atoms with van der Waals surface area (Å²) in [4.78, 5) is 21.4. The van der Waals surface area contributed by atoms with Crippen LogP contribution < -0.4 is 5.56 Å². The van der Waals surface area contributed by atoms with Crippen LogP contribution in [0.15, 0.2) is 29.1 Å². The molecule has 5 nitrogen and oxygen atoms in total. The van der Waals surface area contributed by atoms with Gasteiger partial charge in [-0.25, -0.2) is 4.98 Å². The molecule has 0 radical (unpaired) electrons. The first kappa shape index (κ1) is 11.4. The second kappa shape index (κ2) is 4.88. The molecule has 1 aliphatic rings. The fraction of sp³-hybridized carbons (Fsp3) is 0.385. The summed E-state index contributed by atoms with van der Waals surface area (Å²) in [5.74, 6) is 0. The van der Waals surface area contributed by atoms with Gasteiger partial charge in [-0.15, -0.1) is 0 Å². The van der Waals surface area contributed by atoms with E-state index < -0.39 is 0 Å². The molecule has 0 spiro atoms. The molecule has 1 aromatic heterocycles. The number of fused-ring (bicyclic) bond motifs is 1. The smallest absolute Gasteiger partial charge is 0.271 e. The van der Waals surface area contributed by atoms with Crippen molar-refractivity contribution in [2.24, 2.45) is 0 Å². The van der Waals surface area contributed by atoms with E-state index >= 15 is 0 Å². The van der Waals surface area contributed by atoms with Crippen LogP contribution in [0.2, 0.25) is 0 Å². The summed E-state index contributed by atoms with van der Waals surface area (Å²) in [5, 5.41) is 0. The highest BCUT2D eigenvalue weighted by Crippen LogP contribution is 2.08. The Kier molecular flexibility index (Phi) is 3.08. The molecule has 0 saturated carbocycles. The topological polar surface area (TPSA) is 58.2 Å². The number of ether oxygens (including phenoxy) is 1. The molecular formula is C13H15N3O2. The summed E-state index contributed by atoms with van der Waals surface area (Å²) in [6.45, 7) is 3.75. The molecule has 1 saturated heterocycles. The van der Waals surface area contributed by atoms with Crippen LogP contribution in [0.1, 0.15) is 5.69 Å². The molecule has 5 heteroatoms. The standard InChI is InChI=1S/C13H15N3O2/c17-13-12(9-16-5-7-18-8-6-16)14-10-3-1-2-4-11(10)15-13/h1-4H,5-9H2,(H,15,17). The van der Waals surface area contributed by atoms with E-state index in [1.54, 1.807) is 0 Å². The summed E-state index contributed by atoms with van der Waals surface area (Å²) in [5.41, 5.74) is 2.10. The Hall–Kier alpha value is -1.72. The lowest BCUT2D eigenvalue weighted by Gasteiger charge is -2.25. The lowest BCUT2D eigenvalue weighted by Crippen LogP contribution is -2.37. The van der Waals surface area contributed by atoms with Crippen molar-refractivity contribution in [3.63, 3.8) is 0 Å². The van der Waals surface area contributed by atoms with Crippen molar-refractivity contribution in [3.8, 4) is 0 Å². The predicted molar refractivity (Wildman–Crippen MR) is 68.5 cm³/mol. The van der Waals surface area contributed by atoms with E-state index in [0.29, 0.717) is 12.2 Å². The Morgan fingerprint density at radius 2 is 2.06 bits per heavy atom. The van der Waals surface area contributed by atoms with Gasteiger partial charge in [0.2, 0.25) is 0 Å². The van der Waals surface area contributed by atoms with Crippen LogP contribution >= 0.6 is 0 Å². The van der Waals surface area contributed by atoms with E-state index in [2.05, 4.69) is 14.9 Å². The maximum Gasteiger partial charge on any atom is 0.271 e. The molecule has 0 aliphatic carbocycles. The largest absolute Gasteiger partial charge is 0.379 e. The summed E-state index contributed by atoms with van der Waals surface area (Å²) in [6, 6.07) is 7.59. The Labute approximate surface area is 104 Å². The molecular weight excluding hydrogens is 230 g/mol. The SMILES string of the molecule is O=c1[nH]c2ccccc2nc1CN1CCOCC1. The van der Waals surface area contributed by atoms with Crippen molar-refractivity contribution in [2.75, 3.05) is 26.3 Å². The molecule has 0 unspecified atom stereocenters. The summed E-state index contributed by atoms with van der Waals surface area (Å²) in [6.07, 6.45) is 0. The van der Waals surface area contributed by atoms with Gasteiger partial charge >= 0.3 is 0 Å². The molecule has 2 heterocycles. The molecule has 1 N–H and O–H groups in total.